The first kappa shape index (κ1) is 23.2. The van der Waals surface area contributed by atoms with Crippen molar-refractivity contribution in [2.45, 2.75) is 39.7 Å². The molecule has 4 aromatic rings. The third-order valence-electron chi connectivity index (χ3n) is 6.22. The van der Waals surface area contributed by atoms with Crippen LogP contribution in [0.2, 0.25) is 0 Å². The van der Waals surface area contributed by atoms with Crippen LogP contribution in [-0.4, -0.2) is 33.3 Å². The highest BCUT2D eigenvalue weighted by Gasteiger charge is 2.30. The van der Waals surface area contributed by atoms with E-state index in [4.69, 9.17) is 0 Å². The van der Waals surface area contributed by atoms with Gasteiger partial charge in [0.25, 0.3) is 5.56 Å². The second kappa shape index (κ2) is 9.09. The van der Waals surface area contributed by atoms with E-state index in [1.54, 1.807) is 31.6 Å². The van der Waals surface area contributed by atoms with Crippen molar-refractivity contribution in [3.63, 3.8) is 0 Å². The van der Waals surface area contributed by atoms with Crippen LogP contribution in [0.3, 0.4) is 0 Å². The molecule has 1 unspecified atom stereocenters. The van der Waals surface area contributed by atoms with Crippen LogP contribution in [0.15, 0.2) is 59.8 Å². The van der Waals surface area contributed by atoms with E-state index in [9.17, 15) is 14.4 Å². The van der Waals surface area contributed by atoms with Crippen LogP contribution >= 0.6 is 0 Å². The Morgan fingerprint density at radius 2 is 1.82 bits per heavy atom. The summed E-state index contributed by atoms with van der Waals surface area (Å²) in [6.45, 7) is 7.34. The van der Waals surface area contributed by atoms with Gasteiger partial charge in [-0.2, -0.15) is 0 Å². The highest BCUT2D eigenvalue weighted by molar-refractivity contribution is 6.01. The van der Waals surface area contributed by atoms with Crippen LogP contribution in [0.5, 0.6) is 0 Å². The first-order valence-corrected chi connectivity index (χ1v) is 11.2. The number of fused-ring (bicyclic) bond motifs is 1. The molecule has 1 aromatic carbocycles. The molecule has 4 rings (SSSR count). The van der Waals surface area contributed by atoms with Crippen molar-refractivity contribution in [2.24, 2.45) is 0 Å². The van der Waals surface area contributed by atoms with Crippen molar-refractivity contribution < 1.29 is 9.59 Å². The second-order valence-electron chi connectivity index (χ2n) is 8.73. The molecule has 0 bridgehead atoms. The molecule has 174 valence electrons. The first-order chi connectivity index (χ1) is 16.3. The smallest absolute Gasteiger partial charge is 0.263 e. The van der Waals surface area contributed by atoms with Gasteiger partial charge in [-0.3, -0.25) is 23.9 Å². The highest BCUT2D eigenvalue weighted by atomic mass is 16.2. The fourth-order valence-corrected chi connectivity index (χ4v) is 4.62. The molecule has 0 aliphatic heterocycles. The summed E-state index contributed by atoms with van der Waals surface area (Å²) in [5.41, 5.74) is 4.05. The number of H-pyrrole nitrogens is 1. The van der Waals surface area contributed by atoms with Crippen LogP contribution in [0.4, 0.5) is 0 Å². The number of amides is 1. The van der Waals surface area contributed by atoms with E-state index in [1.165, 1.54) is 18.5 Å². The van der Waals surface area contributed by atoms with E-state index in [1.807, 2.05) is 30.3 Å². The van der Waals surface area contributed by atoms with Gasteiger partial charge in [0.05, 0.1) is 17.3 Å². The highest BCUT2D eigenvalue weighted by Crippen LogP contribution is 2.33. The lowest BCUT2D eigenvalue weighted by molar-refractivity contribution is -0.122. The van der Waals surface area contributed by atoms with Crippen LogP contribution in [-0.2, 0) is 4.79 Å². The summed E-state index contributed by atoms with van der Waals surface area (Å²) in [7, 11) is 1.53. The topological polar surface area (TPSA) is 96.8 Å². The molecule has 0 fully saturated rings. The number of nitrogens with one attached hydrogen (secondary N) is 2. The lowest BCUT2D eigenvalue weighted by Crippen LogP contribution is -2.39. The molecular weight excluding hydrogens is 428 g/mol. The summed E-state index contributed by atoms with van der Waals surface area (Å²) in [6, 6.07) is 10.5. The summed E-state index contributed by atoms with van der Waals surface area (Å²) in [6.07, 6.45) is 5.03. The van der Waals surface area contributed by atoms with Gasteiger partial charge < -0.3 is 10.3 Å². The fourth-order valence-electron chi connectivity index (χ4n) is 4.62. The summed E-state index contributed by atoms with van der Waals surface area (Å²) >= 11 is 0. The predicted octanol–water partition coefficient (Wildman–Crippen LogP) is 4.36. The molecule has 0 aliphatic rings. The predicted molar refractivity (Wildman–Crippen MR) is 133 cm³/mol. The van der Waals surface area contributed by atoms with E-state index in [0.29, 0.717) is 16.8 Å². The fraction of sp³-hybridized carbons (Fsp3) is 0.259. The lowest BCUT2D eigenvalue weighted by Gasteiger charge is -2.24. The van der Waals surface area contributed by atoms with E-state index in [2.05, 4.69) is 29.1 Å². The molecule has 1 amide bonds. The number of nitrogens with zero attached hydrogens (tertiary/aromatic N) is 2. The lowest BCUT2D eigenvalue weighted by atomic mass is 9.89. The Bertz CT molecular complexity index is 1460. The average molecular weight is 457 g/mol. The third kappa shape index (κ3) is 3.83. The molecule has 0 saturated heterocycles. The Kier molecular flexibility index (Phi) is 6.20. The molecule has 3 heterocycles. The number of hydrogen-bond acceptors (Lipinski definition) is 4. The van der Waals surface area contributed by atoms with Gasteiger partial charge >= 0.3 is 0 Å². The van der Waals surface area contributed by atoms with Crippen molar-refractivity contribution in [3.8, 4) is 11.1 Å². The number of carbonyl (C=O) groups excluding carboxylic acids is 2. The van der Waals surface area contributed by atoms with Gasteiger partial charge in [0.15, 0.2) is 5.78 Å². The number of benzene rings is 1. The Morgan fingerprint density at radius 3 is 2.50 bits per heavy atom. The van der Waals surface area contributed by atoms with Crippen LogP contribution in [0.1, 0.15) is 59.9 Å². The molecule has 1 atom stereocenters. The SMILES string of the molecule is CNC(=O)C(c1c[nH]c2cnccc12)n1c(C)cc(-c2ccccc2C(C)C)c(C(C)=O)c1=O. The van der Waals surface area contributed by atoms with E-state index >= 15 is 0 Å². The summed E-state index contributed by atoms with van der Waals surface area (Å²) in [5, 5.41) is 3.46. The monoisotopic (exact) mass is 456 g/mol. The molecule has 7 heteroatoms. The largest absolute Gasteiger partial charge is 0.360 e. The molecule has 2 N–H and O–H groups in total. The summed E-state index contributed by atoms with van der Waals surface area (Å²) < 4.78 is 1.42. The van der Waals surface area contributed by atoms with Gasteiger partial charge in [0.2, 0.25) is 5.91 Å². The Morgan fingerprint density at radius 1 is 1.09 bits per heavy atom. The minimum atomic E-state index is -0.957. The van der Waals surface area contributed by atoms with E-state index in [-0.39, 0.29) is 23.2 Å². The molecule has 0 radical (unpaired) electrons. The van der Waals surface area contributed by atoms with Gasteiger partial charge in [-0.15, -0.1) is 0 Å². The van der Waals surface area contributed by atoms with Crippen LogP contribution in [0, 0.1) is 6.92 Å². The number of ketones is 1. The molecule has 0 spiro atoms. The minimum Gasteiger partial charge on any atom is -0.360 e. The van der Waals surface area contributed by atoms with Crippen LogP contribution < -0.4 is 10.9 Å². The number of hydrogen-bond donors (Lipinski definition) is 2. The number of aromatic nitrogens is 3. The van der Waals surface area contributed by atoms with Crippen LogP contribution in [0.25, 0.3) is 22.0 Å². The quantitative estimate of drug-likeness (QED) is 0.421. The van der Waals surface area contributed by atoms with Crippen molar-refractivity contribution >= 4 is 22.6 Å². The number of aryl methyl sites for hydroxylation is 1. The molecule has 0 saturated carbocycles. The summed E-state index contributed by atoms with van der Waals surface area (Å²) in [5.74, 6) is -0.490. The number of aromatic amines is 1. The standard InChI is InChI=1S/C27H28N4O3/c1-15(2)18-8-6-7-9-19(18)21-12-16(3)31(27(34)24(21)17(4)32)25(26(33)28-5)22-13-30-23-14-29-11-10-20(22)23/h6-15,25,30H,1-5H3,(H,28,33). The Labute approximate surface area is 197 Å². The number of likely N-dealkylation sites (N-methyl/N-ethyl adjacent to an activating group) is 1. The number of pyridine rings is 2. The molecule has 34 heavy (non-hydrogen) atoms. The van der Waals surface area contributed by atoms with Gasteiger partial charge in [-0.05, 0) is 43.0 Å². The van der Waals surface area contributed by atoms with Gasteiger partial charge in [-0.1, -0.05) is 38.1 Å². The first-order valence-electron chi connectivity index (χ1n) is 11.2. The number of Topliss-reactive ketones (excluding diaryl/α,β-unsaturated/α-hetero) is 1. The van der Waals surface area contributed by atoms with Gasteiger partial charge in [-0.25, -0.2) is 0 Å². The second-order valence-corrected chi connectivity index (χ2v) is 8.73. The van der Waals surface area contributed by atoms with E-state index < -0.39 is 11.6 Å². The zero-order valence-electron chi connectivity index (χ0n) is 20.0. The minimum absolute atomic E-state index is 0.0779. The summed E-state index contributed by atoms with van der Waals surface area (Å²) in [4.78, 5) is 47.2. The Balaban J connectivity index is 2.04. The maximum atomic E-state index is 13.9. The van der Waals surface area contributed by atoms with Gasteiger partial charge in [0.1, 0.15) is 6.04 Å². The maximum absolute atomic E-state index is 13.9. The molecule has 0 aliphatic carbocycles. The van der Waals surface area contributed by atoms with Crippen molar-refractivity contribution in [2.75, 3.05) is 7.05 Å². The van der Waals surface area contributed by atoms with Crippen molar-refractivity contribution in [1.82, 2.24) is 19.9 Å². The van der Waals surface area contributed by atoms with Crippen molar-refractivity contribution in [3.05, 3.63) is 87.7 Å². The number of carbonyl (C=O) groups is 2. The van der Waals surface area contributed by atoms with Gasteiger partial charge in [0, 0.05) is 41.6 Å². The zero-order valence-corrected chi connectivity index (χ0v) is 20.0. The maximum Gasteiger partial charge on any atom is 0.263 e. The molecule has 3 aromatic heterocycles. The average Bonchev–Trinajstić information content (AvgIpc) is 3.24. The zero-order chi connectivity index (χ0) is 24.6. The molecular formula is C27H28N4O3. The van der Waals surface area contributed by atoms with Crippen molar-refractivity contribution in [1.29, 1.82) is 0 Å². The molecule has 7 nitrogen and oxygen atoms in total. The van der Waals surface area contributed by atoms with E-state index in [0.717, 1.165) is 22.0 Å². The Hall–Kier alpha value is -4.00. The third-order valence-corrected chi connectivity index (χ3v) is 6.22. The normalized spacial score (nSPS) is 12.2. The number of rotatable bonds is 6.